The summed E-state index contributed by atoms with van der Waals surface area (Å²) in [7, 11) is 0. The maximum absolute atomic E-state index is 12.3. The van der Waals surface area contributed by atoms with Crippen LogP contribution in [0.4, 0.5) is 5.69 Å². The SMILES string of the molecule is Cc1cc(C)cc(C(NC(=O)COc2cccc(NC(=O)C3CC3)c2)C(=O)O)c1. The lowest BCUT2D eigenvalue weighted by Crippen LogP contribution is -2.36. The van der Waals surface area contributed by atoms with Crippen LogP contribution in [0.15, 0.2) is 42.5 Å². The molecule has 0 spiro atoms. The molecule has 29 heavy (non-hydrogen) atoms. The van der Waals surface area contributed by atoms with Crippen molar-refractivity contribution in [3.8, 4) is 5.75 Å². The topological polar surface area (TPSA) is 105 Å². The molecular formula is C22H24N2O5. The third-order valence-electron chi connectivity index (χ3n) is 4.55. The predicted octanol–water partition coefficient (Wildman–Crippen LogP) is 2.97. The van der Waals surface area contributed by atoms with Gasteiger partial charge in [0.2, 0.25) is 5.91 Å². The van der Waals surface area contributed by atoms with E-state index in [-0.39, 0.29) is 18.4 Å². The Morgan fingerprint density at radius 2 is 1.79 bits per heavy atom. The van der Waals surface area contributed by atoms with E-state index >= 15 is 0 Å². The van der Waals surface area contributed by atoms with E-state index in [1.54, 1.807) is 36.4 Å². The Morgan fingerprint density at radius 3 is 2.41 bits per heavy atom. The predicted molar refractivity (Wildman–Crippen MR) is 108 cm³/mol. The van der Waals surface area contributed by atoms with Crippen LogP contribution in [0.25, 0.3) is 0 Å². The molecule has 1 atom stereocenters. The minimum Gasteiger partial charge on any atom is -0.484 e. The molecule has 0 heterocycles. The van der Waals surface area contributed by atoms with Crippen LogP contribution in [0.2, 0.25) is 0 Å². The Bertz CT molecular complexity index is 916. The number of carbonyl (C=O) groups excluding carboxylic acids is 2. The van der Waals surface area contributed by atoms with Gasteiger partial charge in [-0.1, -0.05) is 35.4 Å². The van der Waals surface area contributed by atoms with Crippen molar-refractivity contribution in [2.75, 3.05) is 11.9 Å². The molecule has 3 N–H and O–H groups in total. The van der Waals surface area contributed by atoms with Crippen LogP contribution in [-0.2, 0) is 14.4 Å². The molecule has 2 aromatic rings. The monoisotopic (exact) mass is 396 g/mol. The number of carbonyl (C=O) groups is 3. The Balaban J connectivity index is 1.59. The van der Waals surface area contributed by atoms with E-state index < -0.39 is 17.9 Å². The van der Waals surface area contributed by atoms with Gasteiger partial charge in [0.1, 0.15) is 5.75 Å². The fraction of sp³-hybridized carbons (Fsp3) is 0.318. The molecule has 0 aromatic heterocycles. The number of aryl methyl sites for hydroxylation is 2. The van der Waals surface area contributed by atoms with Crippen molar-refractivity contribution >= 4 is 23.5 Å². The van der Waals surface area contributed by atoms with Crippen LogP contribution in [0.1, 0.15) is 35.6 Å². The smallest absolute Gasteiger partial charge is 0.330 e. The summed E-state index contributed by atoms with van der Waals surface area (Å²) in [5.74, 6) is -1.22. The van der Waals surface area contributed by atoms with Crippen LogP contribution in [0, 0.1) is 19.8 Å². The number of benzene rings is 2. The molecule has 3 rings (SSSR count). The molecule has 1 unspecified atom stereocenters. The maximum Gasteiger partial charge on any atom is 0.330 e. The normalized spacial score (nSPS) is 14.0. The van der Waals surface area contributed by atoms with Gasteiger partial charge >= 0.3 is 5.97 Å². The van der Waals surface area contributed by atoms with Gasteiger partial charge in [0, 0.05) is 17.7 Å². The Kier molecular flexibility index (Phi) is 6.16. The number of aliphatic carboxylic acids is 1. The molecule has 2 aromatic carbocycles. The second-order valence-corrected chi connectivity index (χ2v) is 7.34. The van der Waals surface area contributed by atoms with Gasteiger partial charge in [0.15, 0.2) is 12.6 Å². The standard InChI is InChI=1S/C22H24N2O5/c1-13-8-14(2)10-16(9-13)20(22(27)28)24-19(25)12-29-18-5-3-4-17(11-18)23-21(26)15-6-7-15/h3-5,8-11,15,20H,6-7,12H2,1-2H3,(H,23,26)(H,24,25)(H,27,28). The molecule has 1 saturated carbocycles. The van der Waals surface area contributed by atoms with E-state index in [9.17, 15) is 19.5 Å². The minimum atomic E-state index is -1.16. The highest BCUT2D eigenvalue weighted by Crippen LogP contribution is 2.30. The number of anilines is 1. The average molecular weight is 396 g/mol. The van der Waals surface area contributed by atoms with E-state index in [4.69, 9.17) is 4.74 Å². The number of nitrogens with one attached hydrogen (secondary N) is 2. The third kappa shape index (κ3) is 5.81. The highest BCUT2D eigenvalue weighted by Gasteiger charge is 2.29. The second-order valence-electron chi connectivity index (χ2n) is 7.34. The molecule has 152 valence electrons. The van der Waals surface area contributed by atoms with Crippen LogP contribution >= 0.6 is 0 Å². The number of amides is 2. The Hall–Kier alpha value is -3.35. The van der Waals surface area contributed by atoms with Gasteiger partial charge in [0.05, 0.1) is 0 Å². The van der Waals surface area contributed by atoms with E-state index in [0.717, 1.165) is 24.0 Å². The van der Waals surface area contributed by atoms with Crippen LogP contribution in [-0.4, -0.2) is 29.5 Å². The zero-order valence-electron chi connectivity index (χ0n) is 16.4. The van der Waals surface area contributed by atoms with Gasteiger partial charge in [-0.25, -0.2) is 4.79 Å². The van der Waals surface area contributed by atoms with Crippen molar-refractivity contribution in [3.05, 3.63) is 59.2 Å². The molecule has 2 amide bonds. The van der Waals surface area contributed by atoms with Gasteiger partial charge in [-0.3, -0.25) is 9.59 Å². The molecule has 0 radical (unpaired) electrons. The van der Waals surface area contributed by atoms with Gasteiger partial charge in [-0.2, -0.15) is 0 Å². The number of ether oxygens (including phenoxy) is 1. The lowest BCUT2D eigenvalue weighted by atomic mass is 10.0. The molecule has 1 fully saturated rings. The maximum atomic E-state index is 12.3. The fourth-order valence-corrected chi connectivity index (χ4v) is 3.07. The lowest BCUT2D eigenvalue weighted by Gasteiger charge is -2.16. The first-order chi connectivity index (χ1) is 13.8. The van der Waals surface area contributed by atoms with Crippen molar-refractivity contribution in [1.82, 2.24) is 5.32 Å². The summed E-state index contributed by atoms with van der Waals surface area (Å²) in [6.45, 7) is 3.40. The first kappa shape index (κ1) is 20.4. The number of carboxylic acid groups (broad SMARTS) is 1. The van der Waals surface area contributed by atoms with Crippen molar-refractivity contribution < 1.29 is 24.2 Å². The first-order valence-electron chi connectivity index (χ1n) is 9.46. The zero-order valence-corrected chi connectivity index (χ0v) is 16.4. The van der Waals surface area contributed by atoms with E-state index in [2.05, 4.69) is 10.6 Å². The highest BCUT2D eigenvalue weighted by atomic mass is 16.5. The van der Waals surface area contributed by atoms with Gasteiger partial charge in [-0.05, 0) is 44.4 Å². The lowest BCUT2D eigenvalue weighted by molar-refractivity contribution is -0.142. The number of rotatable bonds is 8. The van der Waals surface area contributed by atoms with Crippen LogP contribution in [0.5, 0.6) is 5.75 Å². The molecule has 7 heteroatoms. The Labute approximate surface area is 169 Å². The van der Waals surface area contributed by atoms with Gasteiger partial charge in [0.25, 0.3) is 5.91 Å². The second kappa shape index (κ2) is 8.77. The van der Waals surface area contributed by atoms with Crippen molar-refractivity contribution in [2.24, 2.45) is 5.92 Å². The van der Waals surface area contributed by atoms with Crippen molar-refractivity contribution in [2.45, 2.75) is 32.7 Å². The summed E-state index contributed by atoms with van der Waals surface area (Å²) >= 11 is 0. The molecular weight excluding hydrogens is 372 g/mol. The zero-order chi connectivity index (χ0) is 21.0. The fourth-order valence-electron chi connectivity index (χ4n) is 3.07. The summed E-state index contributed by atoms with van der Waals surface area (Å²) in [6.07, 6.45) is 1.82. The number of hydrogen-bond acceptors (Lipinski definition) is 4. The largest absolute Gasteiger partial charge is 0.484 e. The van der Waals surface area contributed by atoms with E-state index in [1.165, 1.54) is 0 Å². The summed E-state index contributed by atoms with van der Waals surface area (Å²) in [6, 6.07) is 11.0. The highest BCUT2D eigenvalue weighted by molar-refractivity contribution is 5.94. The molecule has 0 saturated heterocycles. The molecule has 1 aliphatic carbocycles. The van der Waals surface area contributed by atoms with Gasteiger partial charge < -0.3 is 20.5 Å². The molecule has 0 aliphatic heterocycles. The summed E-state index contributed by atoms with van der Waals surface area (Å²) in [4.78, 5) is 35.8. The van der Waals surface area contributed by atoms with Crippen LogP contribution < -0.4 is 15.4 Å². The van der Waals surface area contributed by atoms with Gasteiger partial charge in [-0.15, -0.1) is 0 Å². The van der Waals surface area contributed by atoms with E-state index in [1.807, 2.05) is 19.9 Å². The molecule has 0 bridgehead atoms. The summed E-state index contributed by atoms with van der Waals surface area (Å²) < 4.78 is 5.47. The summed E-state index contributed by atoms with van der Waals surface area (Å²) in [5.41, 5.74) is 2.94. The molecule has 1 aliphatic rings. The summed E-state index contributed by atoms with van der Waals surface area (Å²) in [5, 5.41) is 14.8. The quantitative estimate of drug-likeness (QED) is 0.636. The minimum absolute atomic E-state index is 0.0161. The number of carboxylic acids is 1. The first-order valence-corrected chi connectivity index (χ1v) is 9.46. The van der Waals surface area contributed by atoms with E-state index in [0.29, 0.717) is 17.0 Å². The number of hydrogen-bond donors (Lipinski definition) is 3. The van der Waals surface area contributed by atoms with Crippen LogP contribution in [0.3, 0.4) is 0 Å². The average Bonchev–Trinajstić information content (AvgIpc) is 3.49. The van der Waals surface area contributed by atoms with Crippen molar-refractivity contribution in [1.29, 1.82) is 0 Å². The molecule has 7 nitrogen and oxygen atoms in total. The van der Waals surface area contributed by atoms with Crippen molar-refractivity contribution in [3.63, 3.8) is 0 Å². The Morgan fingerprint density at radius 1 is 1.10 bits per heavy atom. The third-order valence-corrected chi connectivity index (χ3v) is 4.55.